The summed E-state index contributed by atoms with van der Waals surface area (Å²) in [4.78, 5) is 11.4. The molecule has 0 radical (unpaired) electrons. The van der Waals surface area contributed by atoms with E-state index in [0.29, 0.717) is 13.2 Å². The minimum absolute atomic E-state index is 0.199. The van der Waals surface area contributed by atoms with E-state index in [1.54, 1.807) is 0 Å². The Bertz CT molecular complexity index is 263. The van der Waals surface area contributed by atoms with Gasteiger partial charge < -0.3 is 9.29 Å². The lowest BCUT2D eigenvalue weighted by Gasteiger charge is -2.18. The van der Waals surface area contributed by atoms with Gasteiger partial charge in [-0.05, 0) is 47.1 Å². The van der Waals surface area contributed by atoms with Crippen molar-refractivity contribution in [1.29, 1.82) is 0 Å². The Morgan fingerprint density at radius 2 is 1.88 bits per heavy atom. The number of ether oxygens (including phenoxy) is 1. The van der Waals surface area contributed by atoms with E-state index < -0.39 is 16.7 Å². The maximum atomic E-state index is 11.4. The van der Waals surface area contributed by atoms with Crippen LogP contribution in [0.4, 0.5) is 0 Å². The Morgan fingerprint density at radius 1 is 1.29 bits per heavy atom. The molecule has 0 amide bonds. The van der Waals surface area contributed by atoms with E-state index in [-0.39, 0.29) is 5.97 Å². The molecule has 17 heavy (non-hydrogen) atoms. The molecule has 0 saturated heterocycles. The van der Waals surface area contributed by atoms with Gasteiger partial charge in [0, 0.05) is 17.8 Å². The highest BCUT2D eigenvalue weighted by molar-refractivity contribution is 7.76. The number of hydrogen-bond acceptors (Lipinski definition) is 4. The van der Waals surface area contributed by atoms with Gasteiger partial charge in [-0.1, -0.05) is 0 Å². The second-order valence-electron chi connectivity index (χ2n) is 5.02. The van der Waals surface area contributed by atoms with Crippen LogP contribution in [0.15, 0.2) is 0 Å². The Hall–Kier alpha value is -0.460. The molecule has 0 aromatic rings. The molecule has 6 heteroatoms. The molecule has 5 nitrogen and oxygen atoms in total. The fraction of sp³-hybridized carbons (Fsp3) is 0.909. The molecular formula is C11H22NO4S-. The van der Waals surface area contributed by atoms with Gasteiger partial charge in [-0.2, -0.15) is 0 Å². The first kappa shape index (κ1) is 16.5. The van der Waals surface area contributed by atoms with E-state index in [1.807, 2.05) is 20.8 Å². The summed E-state index contributed by atoms with van der Waals surface area (Å²) in [5.41, 5.74) is -0.459. The topological polar surface area (TPSA) is 69.7 Å². The highest BCUT2D eigenvalue weighted by atomic mass is 32.2. The quantitative estimate of drug-likeness (QED) is 0.396. The molecule has 102 valence electrons. The normalized spacial score (nSPS) is 13.8. The molecule has 0 N–H and O–H groups in total. The van der Waals surface area contributed by atoms with E-state index in [9.17, 15) is 13.6 Å². The van der Waals surface area contributed by atoms with Gasteiger partial charge in [0.15, 0.2) is 0 Å². The van der Waals surface area contributed by atoms with Gasteiger partial charge in [-0.15, -0.1) is 0 Å². The first-order valence-corrected chi connectivity index (χ1v) is 6.76. The van der Waals surface area contributed by atoms with Crippen LogP contribution in [0.5, 0.6) is 0 Å². The van der Waals surface area contributed by atoms with Crippen LogP contribution >= 0.6 is 0 Å². The SMILES string of the molecule is CN(CCCCCOC(=O)C(C)(C)C)S(=O)[O-]. The van der Waals surface area contributed by atoms with E-state index in [0.717, 1.165) is 19.3 Å². The first-order valence-electron chi connectivity index (χ1n) is 5.73. The summed E-state index contributed by atoms with van der Waals surface area (Å²) in [5, 5.41) is 0. The average Bonchev–Trinajstić information content (AvgIpc) is 2.20. The van der Waals surface area contributed by atoms with Crippen molar-refractivity contribution in [3.63, 3.8) is 0 Å². The van der Waals surface area contributed by atoms with Gasteiger partial charge in [0.1, 0.15) is 0 Å². The third-order valence-corrected chi connectivity index (χ3v) is 2.91. The molecule has 0 aliphatic carbocycles. The fourth-order valence-corrected chi connectivity index (χ4v) is 1.35. The lowest BCUT2D eigenvalue weighted by Crippen LogP contribution is -2.23. The number of carbonyl (C=O) groups is 1. The zero-order chi connectivity index (χ0) is 13.5. The third-order valence-electron chi connectivity index (χ3n) is 2.22. The Morgan fingerprint density at radius 3 is 2.35 bits per heavy atom. The van der Waals surface area contributed by atoms with Crippen molar-refractivity contribution in [2.45, 2.75) is 40.0 Å². The van der Waals surface area contributed by atoms with Crippen molar-refractivity contribution in [2.24, 2.45) is 5.41 Å². The zero-order valence-electron chi connectivity index (χ0n) is 11.0. The minimum atomic E-state index is -2.14. The minimum Gasteiger partial charge on any atom is -0.760 e. The molecule has 0 spiro atoms. The molecule has 0 heterocycles. The van der Waals surface area contributed by atoms with Crippen LogP contribution in [-0.2, 0) is 20.8 Å². The molecule has 0 aliphatic heterocycles. The maximum absolute atomic E-state index is 11.4. The van der Waals surface area contributed by atoms with Crippen LogP contribution in [-0.4, -0.2) is 39.2 Å². The van der Waals surface area contributed by atoms with E-state index >= 15 is 0 Å². The lowest BCUT2D eigenvalue weighted by atomic mass is 9.97. The summed E-state index contributed by atoms with van der Waals surface area (Å²) in [6.07, 6.45) is 2.39. The Balaban J connectivity index is 3.48. The van der Waals surface area contributed by atoms with Crippen molar-refractivity contribution in [2.75, 3.05) is 20.2 Å². The van der Waals surface area contributed by atoms with E-state index in [2.05, 4.69) is 0 Å². The fourth-order valence-electron chi connectivity index (χ4n) is 1.07. The number of esters is 1. The summed E-state index contributed by atoms with van der Waals surface area (Å²) in [7, 11) is 1.53. The van der Waals surface area contributed by atoms with Gasteiger partial charge in [-0.3, -0.25) is 9.00 Å². The highest BCUT2D eigenvalue weighted by Gasteiger charge is 2.22. The largest absolute Gasteiger partial charge is 0.760 e. The number of unbranched alkanes of at least 4 members (excludes halogenated alkanes) is 2. The molecule has 0 aromatic carbocycles. The summed E-state index contributed by atoms with van der Waals surface area (Å²) in [6.45, 7) is 6.35. The molecule has 0 bridgehead atoms. The van der Waals surface area contributed by atoms with Crippen molar-refractivity contribution < 1.29 is 18.3 Å². The maximum Gasteiger partial charge on any atom is 0.311 e. The van der Waals surface area contributed by atoms with Crippen LogP contribution in [0.25, 0.3) is 0 Å². The highest BCUT2D eigenvalue weighted by Crippen LogP contribution is 2.15. The lowest BCUT2D eigenvalue weighted by molar-refractivity contribution is -0.153. The molecule has 1 unspecified atom stereocenters. The van der Waals surface area contributed by atoms with Gasteiger partial charge in [-0.25, -0.2) is 4.31 Å². The molecule has 0 fully saturated rings. The standard InChI is InChI=1S/C11H23NO4S/c1-11(2,3)10(13)16-9-7-5-6-8-12(4)17(14)15/h5-9H2,1-4H3,(H,14,15)/p-1. The molecule has 0 rings (SSSR count). The first-order chi connectivity index (χ1) is 7.75. The van der Waals surface area contributed by atoms with Crippen molar-refractivity contribution >= 4 is 17.2 Å². The number of hydrogen-bond donors (Lipinski definition) is 0. The predicted molar refractivity (Wildman–Crippen MR) is 65.8 cm³/mol. The van der Waals surface area contributed by atoms with Gasteiger partial charge in [0.2, 0.25) is 0 Å². The molecule has 0 saturated carbocycles. The smallest absolute Gasteiger partial charge is 0.311 e. The molecular weight excluding hydrogens is 242 g/mol. The van der Waals surface area contributed by atoms with Crippen LogP contribution in [0.3, 0.4) is 0 Å². The Kier molecular flexibility index (Phi) is 7.58. The van der Waals surface area contributed by atoms with Gasteiger partial charge in [0.25, 0.3) is 0 Å². The van der Waals surface area contributed by atoms with Crippen molar-refractivity contribution in [1.82, 2.24) is 4.31 Å². The summed E-state index contributed by atoms with van der Waals surface area (Å²) < 4.78 is 27.3. The summed E-state index contributed by atoms with van der Waals surface area (Å²) in [6, 6.07) is 0. The average molecular weight is 264 g/mol. The van der Waals surface area contributed by atoms with Crippen LogP contribution < -0.4 is 0 Å². The summed E-state index contributed by atoms with van der Waals surface area (Å²) >= 11 is -2.14. The molecule has 0 aliphatic rings. The molecule has 0 aromatic heterocycles. The Labute approximate surface area is 106 Å². The zero-order valence-corrected chi connectivity index (χ0v) is 11.8. The predicted octanol–water partition coefficient (Wildman–Crippen LogP) is 1.47. The number of carbonyl (C=O) groups excluding carboxylic acids is 1. The third kappa shape index (κ3) is 8.29. The summed E-state index contributed by atoms with van der Waals surface area (Å²) in [5.74, 6) is -0.199. The number of rotatable bonds is 7. The second kappa shape index (κ2) is 7.79. The van der Waals surface area contributed by atoms with Crippen LogP contribution in [0.2, 0.25) is 0 Å². The van der Waals surface area contributed by atoms with E-state index in [4.69, 9.17) is 4.74 Å². The number of nitrogens with zero attached hydrogens (tertiary/aromatic N) is 1. The van der Waals surface area contributed by atoms with E-state index in [1.165, 1.54) is 11.4 Å². The monoisotopic (exact) mass is 264 g/mol. The van der Waals surface area contributed by atoms with Crippen molar-refractivity contribution in [3.05, 3.63) is 0 Å². The second-order valence-corrected chi connectivity index (χ2v) is 6.07. The molecule has 1 atom stereocenters. The van der Waals surface area contributed by atoms with Crippen LogP contribution in [0, 0.1) is 5.41 Å². The van der Waals surface area contributed by atoms with Gasteiger partial charge >= 0.3 is 5.97 Å². The van der Waals surface area contributed by atoms with Crippen molar-refractivity contribution in [3.8, 4) is 0 Å². The van der Waals surface area contributed by atoms with Crippen LogP contribution in [0.1, 0.15) is 40.0 Å². The van der Waals surface area contributed by atoms with Gasteiger partial charge in [0.05, 0.1) is 12.0 Å².